The fourth-order valence-electron chi connectivity index (χ4n) is 2.54. The molecule has 1 atom stereocenters. The second-order valence-corrected chi connectivity index (χ2v) is 7.63. The molecule has 5 heteroatoms. The third-order valence-corrected chi connectivity index (χ3v) is 6.20. The first kappa shape index (κ1) is 13.8. The molecule has 1 heterocycles. The van der Waals surface area contributed by atoms with Gasteiger partial charge in [-0.25, -0.2) is 12.4 Å². The molecule has 0 amide bonds. The Bertz CT molecular complexity index is 874. The molecular weight excluding hydrogens is 286 g/mol. The van der Waals surface area contributed by atoms with Crippen LogP contribution < -0.4 is 0 Å². The van der Waals surface area contributed by atoms with E-state index >= 15 is 0 Å². The Morgan fingerprint density at radius 1 is 1.24 bits per heavy atom. The first-order valence-electron chi connectivity index (χ1n) is 6.64. The van der Waals surface area contributed by atoms with Crippen LogP contribution in [0.4, 0.5) is 0 Å². The van der Waals surface area contributed by atoms with Crippen LogP contribution in [-0.2, 0) is 10.0 Å². The van der Waals surface area contributed by atoms with E-state index in [1.807, 2.05) is 12.2 Å². The summed E-state index contributed by atoms with van der Waals surface area (Å²) in [6.45, 7) is 1.72. The summed E-state index contributed by atoms with van der Waals surface area (Å²) in [5.74, 6) is 0. The number of hydrogen-bond acceptors (Lipinski definition) is 3. The number of hydrogen-bond donors (Lipinski definition) is 0. The zero-order valence-electron chi connectivity index (χ0n) is 11.6. The fraction of sp³-hybridized carbons (Fsp3) is 0.188. The van der Waals surface area contributed by atoms with E-state index in [9.17, 15) is 13.2 Å². The first-order valence-corrected chi connectivity index (χ1v) is 8.08. The number of benzene rings is 1. The minimum Gasteiger partial charge on any atom is -0.298 e. The van der Waals surface area contributed by atoms with Crippen molar-refractivity contribution in [1.82, 2.24) is 3.97 Å². The van der Waals surface area contributed by atoms with Crippen molar-refractivity contribution in [3.05, 3.63) is 60.3 Å². The number of allylic oxidation sites excluding steroid dienone is 3. The Morgan fingerprint density at radius 3 is 2.71 bits per heavy atom. The van der Waals surface area contributed by atoms with E-state index in [1.54, 1.807) is 49.5 Å². The van der Waals surface area contributed by atoms with Gasteiger partial charge >= 0.3 is 0 Å². The Balaban J connectivity index is 2.18. The normalized spacial score (nSPS) is 21.8. The van der Waals surface area contributed by atoms with Gasteiger partial charge in [0.1, 0.15) is 11.0 Å². The maximum Gasteiger partial charge on any atom is 0.248 e. The molecular formula is C16H15NO3S. The highest BCUT2D eigenvalue weighted by Crippen LogP contribution is 2.31. The lowest BCUT2D eigenvalue weighted by Gasteiger charge is -2.27. The molecule has 108 valence electrons. The molecule has 1 aliphatic rings. The standard InChI is InChI=1S/C16H15NO3S/c1-16(8-3-2-4-9-16)21(19,20)17-10-7-14-11-13(12-18)5-6-15(14)17/h2-8,10-12H,9H2,1H3. The summed E-state index contributed by atoms with van der Waals surface area (Å²) >= 11 is 0. The van der Waals surface area contributed by atoms with Gasteiger partial charge in [-0.15, -0.1) is 0 Å². The van der Waals surface area contributed by atoms with Crippen LogP contribution in [0.1, 0.15) is 23.7 Å². The Kier molecular flexibility index (Phi) is 3.10. The minimum absolute atomic E-state index is 0.442. The highest BCUT2D eigenvalue weighted by atomic mass is 32.2. The lowest BCUT2D eigenvalue weighted by atomic mass is 10.0. The van der Waals surface area contributed by atoms with Gasteiger partial charge in [0.15, 0.2) is 0 Å². The first-order chi connectivity index (χ1) is 9.98. The van der Waals surface area contributed by atoms with E-state index in [0.29, 0.717) is 17.5 Å². The highest BCUT2D eigenvalue weighted by molar-refractivity contribution is 7.91. The summed E-state index contributed by atoms with van der Waals surface area (Å²) in [5, 5.41) is 0.738. The summed E-state index contributed by atoms with van der Waals surface area (Å²) in [4.78, 5) is 10.8. The largest absolute Gasteiger partial charge is 0.298 e. The van der Waals surface area contributed by atoms with Crippen molar-refractivity contribution in [2.24, 2.45) is 0 Å². The third-order valence-electron chi connectivity index (χ3n) is 3.88. The van der Waals surface area contributed by atoms with Gasteiger partial charge in [0.05, 0.1) is 5.52 Å². The van der Waals surface area contributed by atoms with Gasteiger partial charge < -0.3 is 0 Å². The van der Waals surface area contributed by atoms with E-state index in [0.717, 1.165) is 11.7 Å². The molecule has 21 heavy (non-hydrogen) atoms. The topological polar surface area (TPSA) is 56.1 Å². The SMILES string of the molecule is CC1(S(=O)(=O)n2ccc3cc(C=O)ccc32)C=CC=CC1. The van der Waals surface area contributed by atoms with Crippen LogP contribution in [0.15, 0.2) is 54.8 Å². The van der Waals surface area contributed by atoms with Crippen molar-refractivity contribution in [2.45, 2.75) is 18.1 Å². The minimum atomic E-state index is -3.57. The smallest absolute Gasteiger partial charge is 0.248 e. The van der Waals surface area contributed by atoms with Gasteiger partial charge in [-0.2, -0.15) is 0 Å². The molecule has 2 aromatic rings. The van der Waals surface area contributed by atoms with Gasteiger partial charge in [0, 0.05) is 17.1 Å². The third kappa shape index (κ3) is 2.05. The Hall–Kier alpha value is -2.14. The van der Waals surface area contributed by atoms with Crippen molar-refractivity contribution in [3.63, 3.8) is 0 Å². The van der Waals surface area contributed by atoms with Gasteiger partial charge in [-0.1, -0.05) is 24.3 Å². The molecule has 1 aromatic carbocycles. The molecule has 0 N–H and O–H groups in total. The van der Waals surface area contributed by atoms with E-state index in [2.05, 4.69) is 0 Å². The van der Waals surface area contributed by atoms with Crippen LogP contribution in [0.2, 0.25) is 0 Å². The molecule has 1 aliphatic carbocycles. The zero-order chi connectivity index (χ0) is 15.1. The predicted octanol–water partition coefficient (Wildman–Crippen LogP) is 2.91. The molecule has 0 fully saturated rings. The second kappa shape index (κ2) is 4.70. The zero-order valence-corrected chi connectivity index (χ0v) is 12.4. The van der Waals surface area contributed by atoms with Crippen LogP contribution in [0, 0.1) is 0 Å². The van der Waals surface area contributed by atoms with Gasteiger partial charge in [-0.3, -0.25) is 4.79 Å². The molecule has 0 radical (unpaired) electrons. The van der Waals surface area contributed by atoms with Crippen LogP contribution in [0.5, 0.6) is 0 Å². The van der Waals surface area contributed by atoms with Crippen molar-refractivity contribution >= 4 is 27.2 Å². The quantitative estimate of drug-likeness (QED) is 0.819. The summed E-state index contributed by atoms with van der Waals surface area (Å²) in [5.41, 5.74) is 1.12. The molecule has 0 saturated carbocycles. The van der Waals surface area contributed by atoms with Crippen molar-refractivity contribution < 1.29 is 13.2 Å². The predicted molar refractivity (Wildman–Crippen MR) is 82.9 cm³/mol. The number of aromatic nitrogens is 1. The monoisotopic (exact) mass is 301 g/mol. The van der Waals surface area contributed by atoms with Crippen molar-refractivity contribution in [1.29, 1.82) is 0 Å². The summed E-state index contributed by atoms with van der Waals surface area (Å²) in [6, 6.07) is 6.70. The molecule has 0 bridgehead atoms. The van der Waals surface area contributed by atoms with E-state index in [-0.39, 0.29) is 0 Å². The lowest BCUT2D eigenvalue weighted by molar-refractivity contribution is 0.112. The number of fused-ring (bicyclic) bond motifs is 1. The molecule has 1 unspecified atom stereocenters. The summed E-state index contributed by atoms with van der Waals surface area (Å²) in [6.07, 6.45) is 9.92. The van der Waals surface area contributed by atoms with Gasteiger partial charge in [-0.05, 0) is 37.6 Å². The summed E-state index contributed by atoms with van der Waals surface area (Å²) < 4.78 is 26.2. The van der Waals surface area contributed by atoms with E-state index in [1.165, 1.54) is 3.97 Å². The maximum atomic E-state index is 12.9. The molecule has 1 aromatic heterocycles. The number of carbonyl (C=O) groups excluding carboxylic acids is 1. The summed E-state index contributed by atoms with van der Waals surface area (Å²) in [7, 11) is -3.57. The number of carbonyl (C=O) groups is 1. The van der Waals surface area contributed by atoms with Crippen LogP contribution in [0.3, 0.4) is 0 Å². The van der Waals surface area contributed by atoms with Crippen LogP contribution in [-0.4, -0.2) is 23.4 Å². The average Bonchev–Trinajstić information content (AvgIpc) is 2.91. The fourth-order valence-corrected chi connectivity index (χ4v) is 4.20. The molecule has 3 rings (SSSR count). The van der Waals surface area contributed by atoms with Gasteiger partial charge in [0.25, 0.3) is 0 Å². The molecule has 0 saturated heterocycles. The Labute approximate surface area is 123 Å². The number of aldehydes is 1. The second-order valence-electron chi connectivity index (χ2n) is 5.36. The highest BCUT2D eigenvalue weighted by Gasteiger charge is 2.38. The molecule has 4 nitrogen and oxygen atoms in total. The van der Waals surface area contributed by atoms with Crippen LogP contribution >= 0.6 is 0 Å². The Morgan fingerprint density at radius 2 is 2.05 bits per heavy atom. The van der Waals surface area contributed by atoms with Gasteiger partial charge in [0.2, 0.25) is 10.0 Å². The number of rotatable bonds is 3. The average molecular weight is 301 g/mol. The van der Waals surface area contributed by atoms with Crippen LogP contribution in [0.25, 0.3) is 10.9 Å². The van der Waals surface area contributed by atoms with E-state index in [4.69, 9.17) is 0 Å². The van der Waals surface area contributed by atoms with E-state index < -0.39 is 14.8 Å². The molecule has 0 spiro atoms. The number of nitrogens with zero attached hydrogens (tertiary/aromatic N) is 1. The maximum absolute atomic E-state index is 12.9. The van der Waals surface area contributed by atoms with Crippen molar-refractivity contribution in [3.8, 4) is 0 Å². The molecule has 0 aliphatic heterocycles. The lowest BCUT2D eigenvalue weighted by Crippen LogP contribution is -2.37. The van der Waals surface area contributed by atoms with Crippen molar-refractivity contribution in [2.75, 3.05) is 0 Å².